The normalized spacial score (nSPS) is 10.7. The fraction of sp³-hybridized carbons (Fsp3) is 0.0667. The minimum absolute atomic E-state index is 0.429. The molecule has 3 rings (SSSR count). The fourth-order valence-corrected chi connectivity index (χ4v) is 2.42. The molecule has 0 saturated heterocycles. The second-order valence-electron chi connectivity index (χ2n) is 4.24. The molecule has 0 radical (unpaired) electrons. The van der Waals surface area contributed by atoms with Crippen molar-refractivity contribution < 1.29 is 9.53 Å². The molecule has 3 aromatic rings. The smallest absolute Gasteiger partial charge is 0.169 e. The van der Waals surface area contributed by atoms with Gasteiger partial charge in [0.1, 0.15) is 27.9 Å². The van der Waals surface area contributed by atoms with E-state index in [1.54, 1.807) is 23.6 Å². The average Bonchev–Trinajstić information content (AvgIpc) is 2.87. The number of rotatable bonds is 3. The molecular formula is C15H11ClN2O2. The quantitative estimate of drug-likeness (QED) is 0.547. The highest BCUT2D eigenvalue weighted by atomic mass is 35.5. The van der Waals surface area contributed by atoms with E-state index in [1.165, 1.54) is 0 Å². The van der Waals surface area contributed by atoms with Crippen LogP contribution in [0.2, 0.25) is 5.15 Å². The maximum absolute atomic E-state index is 11.4. The average molecular weight is 287 g/mol. The van der Waals surface area contributed by atoms with Crippen LogP contribution in [-0.2, 0) is 0 Å². The number of imidazole rings is 1. The standard InChI is InChI=1S/C15H11ClN2O2/c1-20-11-5-2-4-10(8-11)15-12(9-19)18-13(16)6-3-7-14(18)17-15/h2-9H,1H3. The summed E-state index contributed by atoms with van der Waals surface area (Å²) in [5.74, 6) is 0.711. The minimum Gasteiger partial charge on any atom is -0.497 e. The van der Waals surface area contributed by atoms with Crippen LogP contribution in [-0.4, -0.2) is 22.8 Å². The number of halogens is 1. The van der Waals surface area contributed by atoms with Crippen LogP contribution in [0, 0.1) is 0 Å². The Kier molecular flexibility index (Phi) is 3.16. The summed E-state index contributed by atoms with van der Waals surface area (Å²) in [6, 6.07) is 12.7. The van der Waals surface area contributed by atoms with Crippen LogP contribution in [0.25, 0.3) is 16.9 Å². The summed E-state index contributed by atoms with van der Waals surface area (Å²) in [6.45, 7) is 0. The van der Waals surface area contributed by atoms with Gasteiger partial charge < -0.3 is 4.74 Å². The van der Waals surface area contributed by atoms with E-state index in [9.17, 15) is 4.79 Å². The Balaban J connectivity index is 2.30. The third-order valence-electron chi connectivity index (χ3n) is 3.09. The van der Waals surface area contributed by atoms with E-state index in [0.717, 1.165) is 11.8 Å². The number of carbonyl (C=O) groups is 1. The zero-order valence-electron chi connectivity index (χ0n) is 10.7. The summed E-state index contributed by atoms with van der Waals surface area (Å²) in [6.07, 6.45) is 0.765. The highest BCUT2D eigenvalue weighted by molar-refractivity contribution is 6.30. The number of hydrogen-bond donors (Lipinski definition) is 0. The Morgan fingerprint density at radius 1 is 1.25 bits per heavy atom. The number of ether oxygens (including phenoxy) is 1. The SMILES string of the molecule is COc1cccc(-c2nc3cccc(Cl)n3c2C=O)c1. The molecule has 0 bridgehead atoms. The third kappa shape index (κ3) is 1.94. The van der Waals surface area contributed by atoms with Crippen molar-refractivity contribution in [2.75, 3.05) is 7.11 Å². The van der Waals surface area contributed by atoms with Crippen molar-refractivity contribution in [1.29, 1.82) is 0 Å². The molecule has 0 unspecified atom stereocenters. The third-order valence-corrected chi connectivity index (χ3v) is 3.38. The van der Waals surface area contributed by atoms with Crippen molar-refractivity contribution in [3.8, 4) is 17.0 Å². The molecule has 0 atom stereocenters. The highest BCUT2D eigenvalue weighted by Gasteiger charge is 2.15. The molecule has 0 saturated carbocycles. The van der Waals surface area contributed by atoms with E-state index < -0.39 is 0 Å². The van der Waals surface area contributed by atoms with E-state index in [4.69, 9.17) is 16.3 Å². The van der Waals surface area contributed by atoms with Gasteiger partial charge in [0.05, 0.1) is 7.11 Å². The zero-order valence-corrected chi connectivity index (χ0v) is 11.5. The molecule has 0 aliphatic heterocycles. The van der Waals surface area contributed by atoms with Crippen molar-refractivity contribution in [2.24, 2.45) is 0 Å². The van der Waals surface area contributed by atoms with E-state index >= 15 is 0 Å². The summed E-state index contributed by atoms with van der Waals surface area (Å²) >= 11 is 6.14. The van der Waals surface area contributed by atoms with Crippen LogP contribution >= 0.6 is 11.6 Å². The van der Waals surface area contributed by atoms with Gasteiger partial charge in [-0.25, -0.2) is 4.98 Å². The number of fused-ring (bicyclic) bond motifs is 1. The molecular weight excluding hydrogens is 276 g/mol. The maximum atomic E-state index is 11.4. The lowest BCUT2D eigenvalue weighted by Crippen LogP contribution is -1.94. The number of pyridine rings is 1. The molecule has 0 N–H and O–H groups in total. The molecule has 1 aromatic carbocycles. The van der Waals surface area contributed by atoms with Gasteiger partial charge in [-0.1, -0.05) is 29.8 Å². The first-order chi connectivity index (χ1) is 9.74. The molecule has 100 valence electrons. The van der Waals surface area contributed by atoms with Gasteiger partial charge >= 0.3 is 0 Å². The molecule has 2 aromatic heterocycles. The van der Waals surface area contributed by atoms with Crippen molar-refractivity contribution in [2.45, 2.75) is 0 Å². The van der Waals surface area contributed by atoms with Gasteiger partial charge in [0.2, 0.25) is 0 Å². The van der Waals surface area contributed by atoms with Crippen LogP contribution in [0.5, 0.6) is 5.75 Å². The largest absolute Gasteiger partial charge is 0.497 e. The Labute approximate surface area is 120 Å². The predicted octanol–water partition coefficient (Wildman–Crippen LogP) is 3.48. The number of carbonyl (C=O) groups excluding carboxylic acids is 1. The van der Waals surface area contributed by atoms with E-state index in [0.29, 0.717) is 27.9 Å². The van der Waals surface area contributed by atoms with Crippen LogP contribution in [0.3, 0.4) is 0 Å². The molecule has 5 heteroatoms. The highest BCUT2D eigenvalue weighted by Crippen LogP contribution is 2.28. The zero-order chi connectivity index (χ0) is 14.1. The van der Waals surface area contributed by atoms with Crippen LogP contribution < -0.4 is 4.74 Å². The first-order valence-electron chi connectivity index (χ1n) is 6.01. The van der Waals surface area contributed by atoms with Crippen molar-refractivity contribution in [1.82, 2.24) is 9.38 Å². The summed E-state index contributed by atoms with van der Waals surface area (Å²) in [5, 5.41) is 0.450. The molecule has 0 spiro atoms. The number of benzene rings is 1. The monoisotopic (exact) mass is 286 g/mol. The Morgan fingerprint density at radius 3 is 2.80 bits per heavy atom. The number of methoxy groups -OCH3 is 1. The summed E-state index contributed by atoms with van der Waals surface area (Å²) in [5.41, 5.74) is 2.47. The lowest BCUT2D eigenvalue weighted by atomic mass is 10.1. The molecule has 0 aliphatic carbocycles. The summed E-state index contributed by atoms with van der Waals surface area (Å²) < 4.78 is 6.83. The molecule has 4 nitrogen and oxygen atoms in total. The van der Waals surface area contributed by atoms with Crippen LogP contribution in [0.4, 0.5) is 0 Å². The Hall–Kier alpha value is -2.33. The van der Waals surface area contributed by atoms with Gasteiger partial charge in [0.15, 0.2) is 6.29 Å². The van der Waals surface area contributed by atoms with Crippen LogP contribution in [0.1, 0.15) is 10.5 Å². The minimum atomic E-state index is 0.429. The van der Waals surface area contributed by atoms with Gasteiger partial charge in [-0.2, -0.15) is 0 Å². The number of aromatic nitrogens is 2. The van der Waals surface area contributed by atoms with Gasteiger partial charge in [0.25, 0.3) is 0 Å². The lowest BCUT2D eigenvalue weighted by molar-refractivity contribution is 0.111. The molecule has 0 amide bonds. The van der Waals surface area contributed by atoms with Gasteiger partial charge in [0, 0.05) is 5.56 Å². The van der Waals surface area contributed by atoms with E-state index in [1.807, 2.05) is 30.3 Å². The molecule has 0 aliphatic rings. The number of hydrogen-bond acceptors (Lipinski definition) is 3. The number of nitrogens with zero attached hydrogens (tertiary/aromatic N) is 2. The van der Waals surface area contributed by atoms with Crippen molar-refractivity contribution in [3.05, 3.63) is 53.3 Å². The first-order valence-corrected chi connectivity index (χ1v) is 6.39. The topological polar surface area (TPSA) is 43.6 Å². The lowest BCUT2D eigenvalue weighted by Gasteiger charge is -2.03. The number of aldehydes is 1. The van der Waals surface area contributed by atoms with Crippen molar-refractivity contribution in [3.63, 3.8) is 0 Å². The molecule has 2 heterocycles. The van der Waals surface area contributed by atoms with Gasteiger partial charge in [-0.05, 0) is 24.3 Å². The second-order valence-corrected chi connectivity index (χ2v) is 4.62. The molecule has 20 heavy (non-hydrogen) atoms. The molecule has 0 fully saturated rings. The Bertz CT molecular complexity index is 796. The van der Waals surface area contributed by atoms with E-state index in [2.05, 4.69) is 4.98 Å². The van der Waals surface area contributed by atoms with Gasteiger partial charge in [-0.15, -0.1) is 0 Å². The Morgan fingerprint density at radius 2 is 2.05 bits per heavy atom. The second kappa shape index (κ2) is 4.98. The van der Waals surface area contributed by atoms with Crippen molar-refractivity contribution >= 4 is 23.5 Å². The first kappa shape index (κ1) is 12.7. The van der Waals surface area contributed by atoms with Gasteiger partial charge in [-0.3, -0.25) is 9.20 Å². The summed E-state index contributed by atoms with van der Waals surface area (Å²) in [7, 11) is 1.60. The fourth-order valence-electron chi connectivity index (χ4n) is 2.17. The van der Waals surface area contributed by atoms with E-state index in [-0.39, 0.29) is 0 Å². The maximum Gasteiger partial charge on any atom is 0.169 e. The van der Waals surface area contributed by atoms with Crippen LogP contribution in [0.15, 0.2) is 42.5 Å². The summed E-state index contributed by atoms with van der Waals surface area (Å²) in [4.78, 5) is 15.9. The predicted molar refractivity (Wildman–Crippen MR) is 77.6 cm³/mol.